The minimum Gasteiger partial charge on any atom is -0.478 e. The van der Waals surface area contributed by atoms with Gasteiger partial charge in [-0.15, -0.1) is 0 Å². The van der Waals surface area contributed by atoms with E-state index >= 15 is 0 Å². The van der Waals surface area contributed by atoms with Crippen molar-refractivity contribution in [2.45, 2.75) is 0 Å². The molecule has 0 radical (unpaired) electrons. The molecule has 1 N–H and O–H groups in total. The second kappa shape index (κ2) is 4.93. The smallest absolute Gasteiger partial charge is 0.328 e. The summed E-state index contributed by atoms with van der Waals surface area (Å²) in [6.07, 6.45) is 6.14. The van der Waals surface area contributed by atoms with Crippen LogP contribution >= 0.6 is 0 Å². The van der Waals surface area contributed by atoms with Crippen LogP contribution in [0.4, 0.5) is 0 Å². The van der Waals surface area contributed by atoms with Gasteiger partial charge < -0.3 is 5.11 Å². The van der Waals surface area contributed by atoms with E-state index in [2.05, 4.69) is 0 Å². The average Bonchev–Trinajstić information content (AvgIpc) is 2.14. The number of hydrogen-bond donors (Lipinski definition) is 1. The number of allylic oxidation sites excluding steroid dienone is 2. The number of carbonyl (C=O) groups is 1. The molecular weight excluding hydrogens is 164 g/mol. The van der Waals surface area contributed by atoms with Crippen molar-refractivity contribution in [3.05, 3.63) is 54.1 Å². The molecule has 1 rings (SSSR count). The van der Waals surface area contributed by atoms with Crippen molar-refractivity contribution in [1.29, 1.82) is 0 Å². The summed E-state index contributed by atoms with van der Waals surface area (Å²) in [5.74, 6) is -0.933. The molecule has 2 heteroatoms. The minimum atomic E-state index is -0.933. The summed E-state index contributed by atoms with van der Waals surface area (Å²) in [5, 5.41) is 8.29. The van der Waals surface area contributed by atoms with Gasteiger partial charge in [-0.2, -0.15) is 0 Å². The average molecular weight is 174 g/mol. The third-order valence-corrected chi connectivity index (χ3v) is 1.44. The fraction of sp³-hybridized carbons (Fsp3) is 0. The Morgan fingerprint density at radius 2 is 1.85 bits per heavy atom. The summed E-state index contributed by atoms with van der Waals surface area (Å²) in [5.41, 5.74) is 1.05. The quantitative estimate of drug-likeness (QED) is 0.564. The number of rotatable bonds is 3. The van der Waals surface area contributed by atoms with E-state index in [-0.39, 0.29) is 0 Å². The van der Waals surface area contributed by atoms with Crippen LogP contribution in [0.2, 0.25) is 0 Å². The predicted molar refractivity (Wildman–Crippen MR) is 52.3 cm³/mol. The first-order valence-electron chi connectivity index (χ1n) is 3.92. The lowest BCUT2D eigenvalue weighted by Gasteiger charge is -1.87. The Kier molecular flexibility index (Phi) is 3.51. The van der Waals surface area contributed by atoms with E-state index in [1.165, 1.54) is 6.08 Å². The summed E-state index contributed by atoms with van der Waals surface area (Å²) in [4.78, 5) is 10.1. The summed E-state index contributed by atoms with van der Waals surface area (Å²) in [7, 11) is 0. The summed E-state index contributed by atoms with van der Waals surface area (Å²) < 4.78 is 0. The molecule has 0 aliphatic rings. The zero-order valence-electron chi connectivity index (χ0n) is 7.05. The highest BCUT2D eigenvalue weighted by Gasteiger charge is 1.82. The largest absolute Gasteiger partial charge is 0.478 e. The highest BCUT2D eigenvalue weighted by molar-refractivity contribution is 5.80. The highest BCUT2D eigenvalue weighted by atomic mass is 16.4. The molecule has 0 aromatic heterocycles. The van der Waals surface area contributed by atoms with Crippen molar-refractivity contribution in [2.75, 3.05) is 0 Å². The van der Waals surface area contributed by atoms with Gasteiger partial charge in [0.2, 0.25) is 0 Å². The van der Waals surface area contributed by atoms with Gasteiger partial charge in [0.1, 0.15) is 0 Å². The van der Waals surface area contributed by atoms with Gasteiger partial charge in [-0.3, -0.25) is 0 Å². The SMILES string of the molecule is O=C(O)/C=C\C=C\c1ccccc1. The first-order chi connectivity index (χ1) is 6.29. The van der Waals surface area contributed by atoms with Crippen LogP contribution in [0.15, 0.2) is 48.6 Å². The van der Waals surface area contributed by atoms with Gasteiger partial charge in [0.05, 0.1) is 0 Å². The zero-order valence-corrected chi connectivity index (χ0v) is 7.05. The van der Waals surface area contributed by atoms with Gasteiger partial charge >= 0.3 is 5.97 Å². The predicted octanol–water partition coefficient (Wildman–Crippen LogP) is 2.34. The first-order valence-corrected chi connectivity index (χ1v) is 3.92. The third-order valence-electron chi connectivity index (χ3n) is 1.44. The van der Waals surface area contributed by atoms with Gasteiger partial charge in [0.25, 0.3) is 0 Å². The lowest BCUT2D eigenvalue weighted by atomic mass is 10.2. The van der Waals surface area contributed by atoms with Crippen molar-refractivity contribution >= 4 is 12.0 Å². The van der Waals surface area contributed by atoms with Crippen molar-refractivity contribution < 1.29 is 9.90 Å². The van der Waals surface area contributed by atoms with E-state index in [1.54, 1.807) is 6.08 Å². The Hall–Kier alpha value is -1.83. The van der Waals surface area contributed by atoms with Crippen LogP contribution in [-0.4, -0.2) is 11.1 Å². The molecule has 0 aliphatic heterocycles. The van der Waals surface area contributed by atoms with E-state index in [4.69, 9.17) is 5.11 Å². The lowest BCUT2D eigenvalue weighted by molar-refractivity contribution is -0.131. The van der Waals surface area contributed by atoms with Crippen LogP contribution in [0.5, 0.6) is 0 Å². The Morgan fingerprint density at radius 3 is 2.46 bits per heavy atom. The molecule has 0 fully saturated rings. The molecule has 13 heavy (non-hydrogen) atoms. The highest BCUT2D eigenvalue weighted by Crippen LogP contribution is 2.00. The first kappa shape index (κ1) is 9.26. The molecule has 2 nitrogen and oxygen atoms in total. The van der Waals surface area contributed by atoms with Gasteiger partial charge in [0.15, 0.2) is 0 Å². The molecule has 0 saturated heterocycles. The minimum absolute atomic E-state index is 0.933. The maximum atomic E-state index is 10.1. The molecule has 0 atom stereocenters. The molecular formula is C11H10O2. The molecule has 0 spiro atoms. The number of carboxylic acid groups (broad SMARTS) is 1. The van der Waals surface area contributed by atoms with Gasteiger partial charge in [-0.05, 0) is 5.56 Å². The lowest BCUT2D eigenvalue weighted by Crippen LogP contribution is -1.84. The molecule has 0 saturated carbocycles. The van der Waals surface area contributed by atoms with Gasteiger partial charge in [-0.1, -0.05) is 48.6 Å². The zero-order chi connectivity index (χ0) is 9.52. The Balaban J connectivity index is 2.55. The number of benzene rings is 1. The van der Waals surface area contributed by atoms with Crippen molar-refractivity contribution in [3.8, 4) is 0 Å². The summed E-state index contributed by atoms with van der Waals surface area (Å²) in [6, 6.07) is 9.70. The normalized spacial score (nSPS) is 11.1. The molecule has 0 amide bonds. The van der Waals surface area contributed by atoms with E-state index in [9.17, 15) is 4.79 Å². The Bertz CT molecular complexity index is 323. The molecule has 1 aromatic rings. The van der Waals surface area contributed by atoms with Gasteiger partial charge in [-0.25, -0.2) is 4.79 Å². The van der Waals surface area contributed by atoms with Crippen LogP contribution in [0, 0.1) is 0 Å². The third kappa shape index (κ3) is 3.91. The summed E-state index contributed by atoms with van der Waals surface area (Å²) in [6.45, 7) is 0. The molecule has 0 aliphatic carbocycles. The van der Waals surface area contributed by atoms with E-state index in [0.717, 1.165) is 11.6 Å². The second-order valence-electron chi connectivity index (χ2n) is 2.47. The van der Waals surface area contributed by atoms with Crippen LogP contribution in [0.3, 0.4) is 0 Å². The van der Waals surface area contributed by atoms with Crippen molar-refractivity contribution in [3.63, 3.8) is 0 Å². The van der Waals surface area contributed by atoms with Crippen molar-refractivity contribution in [2.24, 2.45) is 0 Å². The number of hydrogen-bond acceptors (Lipinski definition) is 1. The second-order valence-corrected chi connectivity index (χ2v) is 2.47. The topological polar surface area (TPSA) is 37.3 Å². The molecule has 1 aromatic carbocycles. The van der Waals surface area contributed by atoms with Crippen LogP contribution in [-0.2, 0) is 4.79 Å². The Morgan fingerprint density at radius 1 is 1.15 bits per heavy atom. The maximum absolute atomic E-state index is 10.1. The fourth-order valence-corrected chi connectivity index (χ4v) is 0.869. The van der Waals surface area contributed by atoms with E-state index < -0.39 is 5.97 Å². The monoisotopic (exact) mass is 174 g/mol. The van der Waals surface area contributed by atoms with E-state index in [0.29, 0.717) is 0 Å². The maximum Gasteiger partial charge on any atom is 0.328 e. The fourth-order valence-electron chi connectivity index (χ4n) is 0.869. The van der Waals surface area contributed by atoms with Crippen LogP contribution < -0.4 is 0 Å². The van der Waals surface area contributed by atoms with Crippen LogP contribution in [0.1, 0.15) is 5.56 Å². The molecule has 0 bridgehead atoms. The molecule has 66 valence electrons. The van der Waals surface area contributed by atoms with E-state index in [1.807, 2.05) is 36.4 Å². The standard InChI is InChI=1S/C11H10O2/c12-11(13)9-5-4-8-10-6-2-1-3-7-10/h1-9H,(H,12,13)/b8-4+,9-5-. The molecule has 0 heterocycles. The summed E-state index contributed by atoms with van der Waals surface area (Å²) >= 11 is 0. The van der Waals surface area contributed by atoms with Gasteiger partial charge in [0, 0.05) is 6.08 Å². The number of carboxylic acids is 1. The van der Waals surface area contributed by atoms with Crippen molar-refractivity contribution in [1.82, 2.24) is 0 Å². The van der Waals surface area contributed by atoms with Crippen LogP contribution in [0.25, 0.3) is 6.08 Å². The Labute approximate surface area is 76.8 Å². The number of aliphatic carboxylic acids is 1. The molecule has 0 unspecified atom stereocenters.